The van der Waals surface area contributed by atoms with Crippen LogP contribution in [0.15, 0.2) is 18.7 Å². The first kappa shape index (κ1) is 10.9. The maximum Gasteiger partial charge on any atom is 0.252 e. The molecule has 1 aliphatic heterocycles. The van der Waals surface area contributed by atoms with Crippen LogP contribution in [0.3, 0.4) is 0 Å². The summed E-state index contributed by atoms with van der Waals surface area (Å²) in [5.41, 5.74) is 0.920. The molecule has 3 rings (SSSR count). The van der Waals surface area contributed by atoms with Crippen molar-refractivity contribution in [2.24, 2.45) is 0 Å². The van der Waals surface area contributed by atoms with Gasteiger partial charge in [0.15, 0.2) is 0 Å². The van der Waals surface area contributed by atoms with E-state index in [0.717, 1.165) is 11.5 Å². The van der Waals surface area contributed by atoms with Gasteiger partial charge in [0, 0.05) is 19.7 Å². The molecule has 1 atom stereocenters. The molecule has 7 heteroatoms. The van der Waals surface area contributed by atoms with Crippen LogP contribution < -0.4 is 4.90 Å². The molecule has 1 unspecified atom stereocenters. The number of hydrogen-bond donors (Lipinski definition) is 0. The van der Waals surface area contributed by atoms with Crippen molar-refractivity contribution >= 4 is 11.7 Å². The molecular formula is C11H14N6O. The van der Waals surface area contributed by atoms with Crippen molar-refractivity contribution < 1.29 is 4.79 Å². The van der Waals surface area contributed by atoms with Gasteiger partial charge in [-0.2, -0.15) is 10.2 Å². The second kappa shape index (κ2) is 3.94. The van der Waals surface area contributed by atoms with E-state index in [1.165, 1.54) is 6.33 Å². The fourth-order valence-corrected chi connectivity index (χ4v) is 2.29. The zero-order valence-corrected chi connectivity index (χ0v) is 10.3. The minimum absolute atomic E-state index is 0.0131. The minimum atomic E-state index is -0.306. The van der Waals surface area contributed by atoms with Gasteiger partial charge in [-0.25, -0.2) is 14.3 Å². The smallest absolute Gasteiger partial charge is 0.252 e. The van der Waals surface area contributed by atoms with E-state index in [1.807, 2.05) is 17.7 Å². The molecule has 0 bridgehead atoms. The molecule has 0 aromatic carbocycles. The van der Waals surface area contributed by atoms with E-state index in [-0.39, 0.29) is 11.9 Å². The van der Waals surface area contributed by atoms with Crippen molar-refractivity contribution in [2.45, 2.75) is 25.9 Å². The lowest BCUT2D eigenvalue weighted by atomic mass is 10.2. The number of amides is 1. The Hall–Kier alpha value is -2.18. The van der Waals surface area contributed by atoms with Crippen LogP contribution in [-0.4, -0.2) is 37.5 Å². The fraction of sp³-hybridized carbons (Fsp3) is 0.455. The molecule has 0 fully saturated rings. The Balaban J connectivity index is 1.98. The molecular weight excluding hydrogens is 232 g/mol. The molecule has 1 aliphatic rings. The molecule has 94 valence electrons. The number of aryl methyl sites for hydroxylation is 2. The van der Waals surface area contributed by atoms with Crippen molar-refractivity contribution in [3.63, 3.8) is 0 Å². The van der Waals surface area contributed by atoms with E-state index >= 15 is 0 Å². The van der Waals surface area contributed by atoms with Gasteiger partial charge in [0.05, 0.1) is 5.69 Å². The Morgan fingerprint density at radius 2 is 2.28 bits per heavy atom. The maximum absolute atomic E-state index is 12.4. The third-order valence-electron chi connectivity index (χ3n) is 3.21. The van der Waals surface area contributed by atoms with Gasteiger partial charge in [-0.05, 0) is 13.3 Å². The summed E-state index contributed by atoms with van der Waals surface area (Å²) in [5.74, 6) is 0.847. The normalized spacial score (nSPS) is 19.8. The van der Waals surface area contributed by atoms with E-state index in [9.17, 15) is 4.79 Å². The molecule has 0 spiro atoms. The second-order valence-electron chi connectivity index (χ2n) is 4.44. The second-order valence-corrected chi connectivity index (χ2v) is 4.44. The van der Waals surface area contributed by atoms with Crippen molar-refractivity contribution in [1.29, 1.82) is 0 Å². The molecule has 2 aromatic heterocycles. The molecule has 0 saturated heterocycles. The number of hydrogen-bond acceptors (Lipinski definition) is 4. The molecule has 3 heterocycles. The van der Waals surface area contributed by atoms with Crippen LogP contribution in [0.1, 0.15) is 18.2 Å². The molecule has 0 radical (unpaired) electrons. The van der Waals surface area contributed by atoms with Crippen molar-refractivity contribution in [2.75, 3.05) is 11.9 Å². The largest absolute Gasteiger partial charge is 0.298 e. The quantitative estimate of drug-likeness (QED) is 0.730. The van der Waals surface area contributed by atoms with Gasteiger partial charge in [0.25, 0.3) is 5.91 Å². The van der Waals surface area contributed by atoms with Gasteiger partial charge in [0.1, 0.15) is 24.5 Å². The third-order valence-corrected chi connectivity index (χ3v) is 3.21. The van der Waals surface area contributed by atoms with E-state index in [1.54, 1.807) is 23.0 Å². The topological polar surface area (TPSA) is 68.8 Å². The van der Waals surface area contributed by atoms with Crippen LogP contribution in [0, 0.1) is 6.92 Å². The average Bonchev–Trinajstić information content (AvgIpc) is 2.96. The van der Waals surface area contributed by atoms with Gasteiger partial charge in [-0.3, -0.25) is 9.69 Å². The highest BCUT2D eigenvalue weighted by atomic mass is 16.2. The summed E-state index contributed by atoms with van der Waals surface area (Å²) in [4.78, 5) is 17.9. The number of anilines is 1. The fourth-order valence-electron chi connectivity index (χ4n) is 2.29. The summed E-state index contributed by atoms with van der Waals surface area (Å²) in [7, 11) is 1.77. The summed E-state index contributed by atoms with van der Waals surface area (Å²) >= 11 is 0. The lowest BCUT2D eigenvalue weighted by molar-refractivity contribution is -0.121. The van der Waals surface area contributed by atoms with Crippen molar-refractivity contribution in [3.8, 4) is 0 Å². The van der Waals surface area contributed by atoms with E-state index < -0.39 is 0 Å². The summed E-state index contributed by atoms with van der Waals surface area (Å²) < 4.78 is 3.47. The van der Waals surface area contributed by atoms with Crippen LogP contribution in [0.4, 0.5) is 5.82 Å². The number of carbonyl (C=O) groups is 1. The number of likely N-dealkylation sites (N-methyl/N-ethyl adjacent to an activating group) is 1. The summed E-state index contributed by atoms with van der Waals surface area (Å²) in [5, 5.41) is 8.45. The predicted octanol–water partition coefficient (Wildman–Crippen LogP) is 0.391. The lowest BCUT2D eigenvalue weighted by Crippen LogP contribution is -2.33. The highest BCUT2D eigenvalue weighted by Crippen LogP contribution is 2.25. The number of aromatic nitrogens is 5. The molecule has 0 aliphatic carbocycles. The van der Waals surface area contributed by atoms with E-state index in [2.05, 4.69) is 15.2 Å². The van der Waals surface area contributed by atoms with Gasteiger partial charge in [0.2, 0.25) is 0 Å². The molecule has 18 heavy (non-hydrogen) atoms. The van der Waals surface area contributed by atoms with E-state index in [4.69, 9.17) is 0 Å². The molecule has 7 nitrogen and oxygen atoms in total. The monoisotopic (exact) mass is 246 g/mol. The third kappa shape index (κ3) is 1.59. The first-order chi connectivity index (χ1) is 8.66. The Kier molecular flexibility index (Phi) is 2.39. The minimum Gasteiger partial charge on any atom is -0.298 e. The van der Waals surface area contributed by atoms with Gasteiger partial charge in [-0.15, -0.1) is 0 Å². The van der Waals surface area contributed by atoms with Crippen LogP contribution >= 0.6 is 0 Å². The number of rotatable bonds is 1. The summed E-state index contributed by atoms with van der Waals surface area (Å²) in [6, 6.07) is 1.61. The van der Waals surface area contributed by atoms with Gasteiger partial charge < -0.3 is 0 Å². The van der Waals surface area contributed by atoms with Crippen molar-refractivity contribution in [1.82, 2.24) is 24.5 Å². The predicted molar refractivity (Wildman–Crippen MR) is 64.1 cm³/mol. The Morgan fingerprint density at radius 3 is 3.00 bits per heavy atom. The molecule has 0 N–H and O–H groups in total. The first-order valence-corrected chi connectivity index (χ1v) is 5.83. The SMILES string of the molecule is Cc1cc2n(n1)CCC(n1cncn1)C(=O)N2C. The first-order valence-electron chi connectivity index (χ1n) is 5.83. The van der Waals surface area contributed by atoms with E-state index in [0.29, 0.717) is 13.0 Å². The lowest BCUT2D eigenvalue weighted by Gasteiger charge is -2.19. The number of carbonyl (C=O) groups excluding carboxylic acids is 1. The van der Waals surface area contributed by atoms with Gasteiger partial charge in [-0.1, -0.05) is 0 Å². The number of fused-ring (bicyclic) bond motifs is 1. The summed E-state index contributed by atoms with van der Waals surface area (Å²) in [6.07, 6.45) is 3.69. The van der Waals surface area contributed by atoms with Crippen LogP contribution in [0.25, 0.3) is 0 Å². The van der Waals surface area contributed by atoms with Crippen LogP contribution in [0.2, 0.25) is 0 Å². The molecule has 1 amide bonds. The van der Waals surface area contributed by atoms with Gasteiger partial charge >= 0.3 is 0 Å². The zero-order chi connectivity index (χ0) is 12.7. The van der Waals surface area contributed by atoms with Crippen molar-refractivity contribution in [3.05, 3.63) is 24.4 Å². The Bertz CT molecular complexity index is 572. The maximum atomic E-state index is 12.4. The average molecular weight is 246 g/mol. The zero-order valence-electron chi connectivity index (χ0n) is 10.3. The Labute approximate surface area is 104 Å². The Morgan fingerprint density at radius 1 is 1.44 bits per heavy atom. The van der Waals surface area contributed by atoms with Crippen LogP contribution in [-0.2, 0) is 11.3 Å². The standard InChI is InChI=1S/C11H14N6O/c1-8-5-10-15(2)11(18)9(3-4-16(10)14-8)17-7-12-6-13-17/h5-7,9H,3-4H2,1-2H3. The highest BCUT2D eigenvalue weighted by Gasteiger charge is 2.30. The van der Waals surface area contributed by atoms with Crippen LogP contribution in [0.5, 0.6) is 0 Å². The highest BCUT2D eigenvalue weighted by molar-refractivity contribution is 5.95. The summed E-state index contributed by atoms with van der Waals surface area (Å²) in [6.45, 7) is 2.62. The number of nitrogens with zero attached hydrogens (tertiary/aromatic N) is 6. The molecule has 0 saturated carbocycles. The molecule has 2 aromatic rings.